The summed E-state index contributed by atoms with van der Waals surface area (Å²) < 4.78 is 12.1. The van der Waals surface area contributed by atoms with Gasteiger partial charge in [-0.3, -0.25) is 4.79 Å². The first-order chi connectivity index (χ1) is 14.3. The molecule has 4 heteroatoms. The maximum atomic E-state index is 13.4. The van der Waals surface area contributed by atoms with Gasteiger partial charge in [-0.15, -0.1) is 0 Å². The van der Waals surface area contributed by atoms with Crippen molar-refractivity contribution in [3.05, 3.63) is 108 Å². The van der Waals surface area contributed by atoms with Gasteiger partial charge < -0.3 is 14.4 Å². The van der Waals surface area contributed by atoms with Crippen LogP contribution >= 0.6 is 0 Å². The fourth-order valence-electron chi connectivity index (χ4n) is 4.39. The van der Waals surface area contributed by atoms with Crippen molar-refractivity contribution in [1.82, 2.24) is 4.90 Å². The van der Waals surface area contributed by atoms with Crippen molar-refractivity contribution in [2.24, 2.45) is 5.92 Å². The highest BCUT2D eigenvalue weighted by molar-refractivity contribution is 5.89. The van der Waals surface area contributed by atoms with Crippen LogP contribution in [0.25, 0.3) is 0 Å². The van der Waals surface area contributed by atoms with Crippen LogP contribution in [0.2, 0.25) is 0 Å². The Kier molecular flexibility index (Phi) is 4.88. The second-order valence-electron chi connectivity index (χ2n) is 7.54. The van der Waals surface area contributed by atoms with Crippen LogP contribution in [0.4, 0.5) is 0 Å². The predicted molar refractivity (Wildman–Crippen MR) is 111 cm³/mol. The molecule has 1 amide bonds. The number of benzene rings is 2. The number of fused-ring (bicyclic) bond motifs is 1. The Hall–Kier alpha value is -2.95. The van der Waals surface area contributed by atoms with Gasteiger partial charge in [-0.25, -0.2) is 0 Å². The summed E-state index contributed by atoms with van der Waals surface area (Å²) in [6, 6.07) is 19.9. The van der Waals surface area contributed by atoms with Crippen molar-refractivity contribution in [3.63, 3.8) is 0 Å². The first-order valence-electron chi connectivity index (χ1n) is 10.0. The van der Waals surface area contributed by atoms with E-state index >= 15 is 0 Å². The zero-order valence-electron chi connectivity index (χ0n) is 16.1. The van der Waals surface area contributed by atoms with Crippen molar-refractivity contribution >= 4 is 5.91 Å². The summed E-state index contributed by atoms with van der Waals surface area (Å²) in [6.45, 7) is 0.905. The number of likely N-dealkylation sites (tertiary alicyclic amines) is 1. The third-order valence-electron chi connectivity index (χ3n) is 5.75. The number of rotatable bonds is 3. The van der Waals surface area contributed by atoms with Crippen LogP contribution in [-0.2, 0) is 14.3 Å². The molecule has 1 aliphatic carbocycles. The smallest absolute Gasteiger partial charge is 0.234 e. The Bertz CT molecular complexity index is 956. The lowest BCUT2D eigenvalue weighted by Crippen LogP contribution is -2.47. The average Bonchev–Trinajstić information content (AvgIpc) is 2.93. The second kappa shape index (κ2) is 7.82. The van der Waals surface area contributed by atoms with Gasteiger partial charge in [0.25, 0.3) is 0 Å². The lowest BCUT2D eigenvalue weighted by atomic mass is 9.92. The molecule has 3 aliphatic rings. The lowest BCUT2D eigenvalue weighted by Gasteiger charge is -2.38. The highest BCUT2D eigenvalue weighted by Gasteiger charge is 2.47. The number of carbonyl (C=O) groups is 1. The molecule has 2 aromatic carbocycles. The highest BCUT2D eigenvalue weighted by atomic mass is 16.7. The fraction of sp³-hybridized carbons (Fsp3) is 0.240. The highest BCUT2D eigenvalue weighted by Crippen LogP contribution is 2.44. The summed E-state index contributed by atoms with van der Waals surface area (Å²) in [7, 11) is 0. The van der Waals surface area contributed by atoms with Crippen molar-refractivity contribution in [3.8, 4) is 0 Å². The van der Waals surface area contributed by atoms with E-state index in [4.69, 9.17) is 9.47 Å². The zero-order valence-corrected chi connectivity index (χ0v) is 16.1. The summed E-state index contributed by atoms with van der Waals surface area (Å²) >= 11 is 0. The number of ether oxygens (including phenoxy) is 2. The van der Waals surface area contributed by atoms with Gasteiger partial charge in [0.05, 0.1) is 31.2 Å². The Balaban J connectivity index is 1.44. The van der Waals surface area contributed by atoms with E-state index in [0.29, 0.717) is 13.2 Å². The minimum absolute atomic E-state index is 0.105. The lowest BCUT2D eigenvalue weighted by molar-refractivity contribution is -0.211. The third kappa shape index (κ3) is 3.35. The molecule has 0 radical (unpaired) electrons. The number of nitrogens with zero attached hydrogens (tertiary/aromatic N) is 1. The van der Waals surface area contributed by atoms with E-state index in [1.807, 2.05) is 77.7 Å². The molecule has 146 valence electrons. The minimum atomic E-state index is -0.382. The van der Waals surface area contributed by atoms with Gasteiger partial charge in [-0.2, -0.15) is 0 Å². The molecule has 0 bridgehead atoms. The molecule has 2 aromatic rings. The van der Waals surface area contributed by atoms with Gasteiger partial charge in [0.2, 0.25) is 5.91 Å². The zero-order chi connectivity index (χ0) is 19.6. The van der Waals surface area contributed by atoms with E-state index in [2.05, 4.69) is 18.2 Å². The van der Waals surface area contributed by atoms with E-state index in [1.54, 1.807) is 0 Å². The Morgan fingerprint density at radius 3 is 2.14 bits per heavy atom. The van der Waals surface area contributed by atoms with Gasteiger partial charge in [0.15, 0.2) is 6.29 Å². The molecule has 2 heterocycles. The number of hydrogen-bond acceptors (Lipinski definition) is 3. The molecule has 0 saturated carbocycles. The SMILES string of the molecule is O=C1C2C=CC=CC=C2C(c2ccccc2)N1C1COC(c2ccccc2)OC1. The van der Waals surface area contributed by atoms with Gasteiger partial charge in [0, 0.05) is 5.56 Å². The molecule has 2 fully saturated rings. The number of carbonyl (C=O) groups excluding carboxylic acids is 1. The van der Waals surface area contributed by atoms with Crippen LogP contribution in [0.1, 0.15) is 23.5 Å². The molecular weight excluding hydrogens is 362 g/mol. The van der Waals surface area contributed by atoms with E-state index in [-0.39, 0.29) is 30.2 Å². The van der Waals surface area contributed by atoms with Gasteiger partial charge in [-0.05, 0) is 11.1 Å². The number of allylic oxidation sites excluding steroid dienone is 4. The van der Waals surface area contributed by atoms with Gasteiger partial charge in [0.1, 0.15) is 0 Å². The molecule has 0 aromatic heterocycles. The quantitative estimate of drug-likeness (QED) is 0.788. The molecule has 2 unspecified atom stereocenters. The van der Waals surface area contributed by atoms with Crippen molar-refractivity contribution in [1.29, 1.82) is 0 Å². The standard InChI is InChI=1S/C25H23NO3/c27-24-22-15-9-3-8-14-21(22)23(18-10-4-1-5-11-18)26(24)20-16-28-25(29-17-20)19-12-6-2-7-13-19/h1-15,20,22-23,25H,16-17H2. The second-order valence-corrected chi connectivity index (χ2v) is 7.54. The molecule has 2 atom stereocenters. The van der Waals surface area contributed by atoms with Crippen LogP contribution in [0.15, 0.2) is 96.6 Å². The third-order valence-corrected chi connectivity index (χ3v) is 5.75. The van der Waals surface area contributed by atoms with E-state index in [9.17, 15) is 4.79 Å². The molecule has 5 rings (SSSR count). The minimum Gasteiger partial charge on any atom is -0.346 e. The molecule has 2 aliphatic heterocycles. The maximum absolute atomic E-state index is 13.4. The van der Waals surface area contributed by atoms with Crippen molar-refractivity contribution < 1.29 is 14.3 Å². The number of amides is 1. The number of hydrogen-bond donors (Lipinski definition) is 0. The summed E-state index contributed by atoms with van der Waals surface area (Å²) in [4.78, 5) is 15.4. The molecule has 4 nitrogen and oxygen atoms in total. The average molecular weight is 385 g/mol. The molecule has 2 saturated heterocycles. The Labute approximate surface area is 170 Å². The topological polar surface area (TPSA) is 38.8 Å². The van der Waals surface area contributed by atoms with Gasteiger partial charge in [-0.1, -0.05) is 91.0 Å². The summed E-state index contributed by atoms with van der Waals surface area (Å²) in [5.41, 5.74) is 3.22. The summed E-state index contributed by atoms with van der Waals surface area (Å²) in [5.74, 6) is -0.123. The Morgan fingerprint density at radius 1 is 0.793 bits per heavy atom. The first kappa shape index (κ1) is 18.1. The first-order valence-corrected chi connectivity index (χ1v) is 10.0. The molecular formula is C25H23NO3. The van der Waals surface area contributed by atoms with Crippen molar-refractivity contribution in [2.75, 3.05) is 13.2 Å². The molecule has 0 spiro atoms. The summed E-state index contributed by atoms with van der Waals surface area (Å²) in [6.07, 6.45) is 9.63. The monoisotopic (exact) mass is 385 g/mol. The van der Waals surface area contributed by atoms with Crippen LogP contribution in [0.3, 0.4) is 0 Å². The summed E-state index contributed by atoms with van der Waals surface area (Å²) in [5, 5.41) is 0. The maximum Gasteiger partial charge on any atom is 0.234 e. The largest absolute Gasteiger partial charge is 0.346 e. The van der Waals surface area contributed by atoms with Crippen molar-refractivity contribution in [2.45, 2.75) is 18.4 Å². The van der Waals surface area contributed by atoms with Gasteiger partial charge >= 0.3 is 0 Å². The molecule has 0 N–H and O–H groups in total. The Morgan fingerprint density at radius 2 is 1.45 bits per heavy atom. The normalized spacial score (nSPS) is 28.8. The van der Waals surface area contributed by atoms with Crippen LogP contribution in [0.5, 0.6) is 0 Å². The molecule has 29 heavy (non-hydrogen) atoms. The fourth-order valence-corrected chi connectivity index (χ4v) is 4.39. The van der Waals surface area contributed by atoms with E-state index in [1.165, 1.54) is 0 Å². The van der Waals surface area contributed by atoms with E-state index in [0.717, 1.165) is 16.7 Å². The van der Waals surface area contributed by atoms with Crippen LogP contribution in [-0.4, -0.2) is 30.1 Å². The van der Waals surface area contributed by atoms with Crippen LogP contribution in [0, 0.1) is 5.92 Å². The van der Waals surface area contributed by atoms with E-state index < -0.39 is 0 Å². The predicted octanol–water partition coefficient (Wildman–Crippen LogP) is 4.35. The van der Waals surface area contributed by atoms with Crippen LogP contribution < -0.4 is 0 Å².